The molecular formula is C20H17FN2O4. The molecule has 7 heteroatoms. The van der Waals surface area contributed by atoms with E-state index in [0.29, 0.717) is 22.6 Å². The summed E-state index contributed by atoms with van der Waals surface area (Å²) in [4.78, 5) is 28.9. The lowest BCUT2D eigenvalue weighted by Gasteiger charge is -2.21. The summed E-state index contributed by atoms with van der Waals surface area (Å²) >= 11 is 0. The van der Waals surface area contributed by atoms with Crippen LogP contribution in [0.1, 0.15) is 18.1 Å². The number of carbonyl (C=O) groups is 1. The molecule has 0 saturated carbocycles. The van der Waals surface area contributed by atoms with Gasteiger partial charge in [-0.3, -0.25) is 9.59 Å². The summed E-state index contributed by atoms with van der Waals surface area (Å²) in [6, 6.07) is 11.2. The maximum atomic E-state index is 13.1. The van der Waals surface area contributed by atoms with E-state index in [4.69, 9.17) is 9.47 Å². The van der Waals surface area contributed by atoms with Gasteiger partial charge < -0.3 is 19.4 Å². The first kappa shape index (κ1) is 17.1. The van der Waals surface area contributed by atoms with E-state index in [2.05, 4.69) is 4.98 Å². The number of hydrogen-bond acceptors (Lipinski definition) is 4. The topological polar surface area (TPSA) is 71.6 Å². The number of rotatable bonds is 4. The standard InChI is InChI=1S/C20H17FN2O4/c1-12(24)23(9-13-2-4-16(21)5-3-13)10-15-6-14-7-18-19(27-11-26-18)8-17(14)22-20(15)25/h2-8H,9-11H2,1H3,(H,22,25). The number of carbonyl (C=O) groups excluding carboxylic acids is 1. The van der Waals surface area contributed by atoms with Crippen LogP contribution in [0.25, 0.3) is 10.9 Å². The molecule has 0 saturated heterocycles. The van der Waals surface area contributed by atoms with Gasteiger partial charge in [-0.1, -0.05) is 12.1 Å². The van der Waals surface area contributed by atoms with Crippen LogP contribution in [0, 0.1) is 5.82 Å². The van der Waals surface area contributed by atoms with Crippen LogP contribution >= 0.6 is 0 Å². The third-order valence-corrected chi connectivity index (χ3v) is 4.51. The van der Waals surface area contributed by atoms with Crippen LogP contribution in [0.15, 0.2) is 47.3 Å². The van der Waals surface area contributed by atoms with E-state index in [9.17, 15) is 14.0 Å². The van der Waals surface area contributed by atoms with E-state index in [1.165, 1.54) is 24.0 Å². The lowest BCUT2D eigenvalue weighted by atomic mass is 10.1. The Morgan fingerprint density at radius 1 is 1.11 bits per heavy atom. The molecule has 2 aromatic carbocycles. The molecular weight excluding hydrogens is 351 g/mol. The minimum Gasteiger partial charge on any atom is -0.454 e. The molecule has 0 aliphatic carbocycles. The van der Waals surface area contributed by atoms with Gasteiger partial charge in [-0.25, -0.2) is 4.39 Å². The van der Waals surface area contributed by atoms with Crippen LogP contribution in [-0.2, 0) is 17.9 Å². The number of nitrogens with zero attached hydrogens (tertiary/aromatic N) is 1. The molecule has 1 aromatic heterocycles. The van der Waals surface area contributed by atoms with Gasteiger partial charge in [0.15, 0.2) is 11.5 Å². The molecule has 6 nitrogen and oxygen atoms in total. The van der Waals surface area contributed by atoms with Crippen LogP contribution in [0.5, 0.6) is 11.5 Å². The van der Waals surface area contributed by atoms with Gasteiger partial charge in [-0.15, -0.1) is 0 Å². The Hall–Kier alpha value is -3.35. The monoisotopic (exact) mass is 368 g/mol. The number of hydrogen-bond donors (Lipinski definition) is 1. The first-order valence-corrected chi connectivity index (χ1v) is 8.45. The second kappa shape index (κ2) is 6.75. The SMILES string of the molecule is CC(=O)N(Cc1ccc(F)cc1)Cc1cc2cc3c(cc2[nH]c1=O)OCO3. The van der Waals surface area contributed by atoms with Crippen molar-refractivity contribution in [1.29, 1.82) is 0 Å². The largest absolute Gasteiger partial charge is 0.454 e. The van der Waals surface area contributed by atoms with E-state index < -0.39 is 0 Å². The summed E-state index contributed by atoms with van der Waals surface area (Å²) in [5.41, 5.74) is 1.61. The maximum absolute atomic E-state index is 13.1. The summed E-state index contributed by atoms with van der Waals surface area (Å²) in [6.07, 6.45) is 0. The molecule has 3 aromatic rings. The van der Waals surface area contributed by atoms with Crippen molar-refractivity contribution in [1.82, 2.24) is 9.88 Å². The minimum atomic E-state index is -0.335. The number of amides is 1. The smallest absolute Gasteiger partial charge is 0.253 e. The van der Waals surface area contributed by atoms with Crippen LogP contribution < -0.4 is 15.0 Å². The molecule has 0 atom stereocenters. The summed E-state index contributed by atoms with van der Waals surface area (Å²) in [6.45, 7) is 2.02. The first-order valence-electron chi connectivity index (χ1n) is 8.45. The van der Waals surface area contributed by atoms with Crippen LogP contribution in [0.3, 0.4) is 0 Å². The molecule has 0 unspecified atom stereocenters. The van der Waals surface area contributed by atoms with E-state index >= 15 is 0 Å². The highest BCUT2D eigenvalue weighted by molar-refractivity contribution is 5.83. The molecule has 0 fully saturated rings. The van der Waals surface area contributed by atoms with Crippen molar-refractivity contribution in [3.05, 3.63) is 69.8 Å². The van der Waals surface area contributed by atoms with Gasteiger partial charge in [0.05, 0.1) is 12.1 Å². The normalized spacial score (nSPS) is 12.4. The number of pyridine rings is 1. The predicted molar refractivity (Wildman–Crippen MR) is 97.0 cm³/mol. The third kappa shape index (κ3) is 3.48. The Morgan fingerprint density at radius 2 is 1.81 bits per heavy atom. The van der Waals surface area contributed by atoms with Gasteiger partial charge in [0.1, 0.15) is 5.82 Å². The van der Waals surface area contributed by atoms with Crippen LogP contribution in [-0.4, -0.2) is 22.6 Å². The van der Waals surface area contributed by atoms with Gasteiger partial charge in [0, 0.05) is 30.5 Å². The van der Waals surface area contributed by atoms with Crippen molar-refractivity contribution >= 4 is 16.8 Å². The van der Waals surface area contributed by atoms with Crippen LogP contribution in [0.4, 0.5) is 4.39 Å². The number of halogens is 1. The zero-order valence-electron chi connectivity index (χ0n) is 14.6. The van der Waals surface area contributed by atoms with Gasteiger partial charge in [-0.2, -0.15) is 0 Å². The molecule has 0 bridgehead atoms. The number of nitrogens with one attached hydrogen (secondary N) is 1. The second-order valence-electron chi connectivity index (χ2n) is 6.42. The van der Waals surface area contributed by atoms with E-state index in [1.807, 2.05) is 0 Å². The summed E-state index contributed by atoms with van der Waals surface area (Å²) in [7, 11) is 0. The molecule has 1 aliphatic rings. The molecule has 1 aliphatic heterocycles. The quantitative estimate of drug-likeness (QED) is 0.769. The highest BCUT2D eigenvalue weighted by atomic mass is 19.1. The molecule has 1 amide bonds. The van der Waals surface area contributed by atoms with Crippen molar-refractivity contribution in [3.8, 4) is 11.5 Å². The molecule has 27 heavy (non-hydrogen) atoms. The first-order chi connectivity index (χ1) is 13.0. The average molecular weight is 368 g/mol. The highest BCUT2D eigenvalue weighted by Crippen LogP contribution is 2.35. The average Bonchev–Trinajstić information content (AvgIpc) is 3.08. The second-order valence-corrected chi connectivity index (χ2v) is 6.42. The molecule has 1 N–H and O–H groups in total. The maximum Gasteiger partial charge on any atom is 0.253 e. The van der Waals surface area contributed by atoms with Gasteiger partial charge in [-0.05, 0) is 29.8 Å². The minimum absolute atomic E-state index is 0.145. The van der Waals surface area contributed by atoms with Crippen molar-refractivity contribution in [2.24, 2.45) is 0 Å². The number of H-pyrrole nitrogens is 1. The lowest BCUT2D eigenvalue weighted by Crippen LogP contribution is -2.30. The van der Waals surface area contributed by atoms with Gasteiger partial charge in [0.2, 0.25) is 12.7 Å². The summed E-state index contributed by atoms with van der Waals surface area (Å²) in [5, 5.41) is 0.791. The van der Waals surface area contributed by atoms with E-state index in [1.54, 1.807) is 30.3 Å². The number of benzene rings is 2. The predicted octanol–water partition coefficient (Wildman–Crippen LogP) is 2.94. The Morgan fingerprint density at radius 3 is 2.52 bits per heavy atom. The van der Waals surface area contributed by atoms with Crippen molar-refractivity contribution in [2.75, 3.05) is 6.79 Å². The van der Waals surface area contributed by atoms with Gasteiger partial charge >= 0.3 is 0 Å². The lowest BCUT2D eigenvalue weighted by molar-refractivity contribution is -0.130. The number of fused-ring (bicyclic) bond motifs is 2. The Balaban J connectivity index is 1.64. The zero-order valence-corrected chi connectivity index (χ0v) is 14.6. The van der Waals surface area contributed by atoms with Gasteiger partial charge in [0.25, 0.3) is 5.56 Å². The molecule has 2 heterocycles. The molecule has 0 spiro atoms. The molecule has 0 radical (unpaired) electrons. The summed E-state index contributed by atoms with van der Waals surface area (Å²) < 4.78 is 23.8. The fraction of sp³-hybridized carbons (Fsp3) is 0.200. The fourth-order valence-electron chi connectivity index (χ4n) is 3.05. The summed E-state index contributed by atoms with van der Waals surface area (Å²) in [5.74, 6) is 0.699. The van der Waals surface area contributed by atoms with Crippen molar-refractivity contribution in [2.45, 2.75) is 20.0 Å². The van der Waals surface area contributed by atoms with Crippen molar-refractivity contribution in [3.63, 3.8) is 0 Å². The van der Waals surface area contributed by atoms with Crippen LogP contribution in [0.2, 0.25) is 0 Å². The zero-order chi connectivity index (χ0) is 19.0. The van der Waals surface area contributed by atoms with E-state index in [0.717, 1.165) is 10.9 Å². The highest BCUT2D eigenvalue weighted by Gasteiger charge is 2.17. The Labute approximate surface area is 154 Å². The molecule has 4 rings (SSSR count). The van der Waals surface area contributed by atoms with Crippen molar-refractivity contribution < 1.29 is 18.7 Å². The molecule has 138 valence electrons. The number of aromatic nitrogens is 1. The fourth-order valence-corrected chi connectivity index (χ4v) is 3.05. The Kier molecular flexibility index (Phi) is 4.27. The van der Waals surface area contributed by atoms with E-state index in [-0.39, 0.29) is 37.2 Å². The number of ether oxygens (including phenoxy) is 2. The Bertz CT molecular complexity index is 1080. The number of aromatic amines is 1. The third-order valence-electron chi connectivity index (χ3n) is 4.51.